The Hall–Kier alpha value is -1.35. The third-order valence-corrected chi connectivity index (χ3v) is 3.11. The molecule has 0 spiro atoms. The second-order valence-electron chi connectivity index (χ2n) is 2.98. The molecular formula is C10H9NOS. The van der Waals surface area contributed by atoms with Crippen molar-refractivity contribution < 1.29 is 4.79 Å². The molecule has 0 aliphatic carbocycles. The first-order valence-electron chi connectivity index (χ1n) is 3.95. The molecule has 2 nitrogen and oxygen atoms in total. The topological polar surface area (TPSA) is 43.1 Å². The lowest BCUT2D eigenvalue weighted by Gasteiger charge is -2.00. The molecule has 66 valence electrons. The van der Waals surface area contributed by atoms with Crippen LogP contribution in [0, 0.1) is 6.92 Å². The number of carbonyl (C=O) groups is 1. The predicted octanol–water partition coefficient (Wildman–Crippen LogP) is 2.60. The first-order valence-corrected chi connectivity index (χ1v) is 4.83. The number of hydrogen-bond donors (Lipinski definition) is 1. The summed E-state index contributed by atoms with van der Waals surface area (Å²) in [5.74, 6) is 0. The average Bonchev–Trinajstić information content (AvgIpc) is 2.49. The number of nitrogens with two attached hydrogens (primary N) is 1. The van der Waals surface area contributed by atoms with E-state index in [0.29, 0.717) is 5.69 Å². The maximum absolute atomic E-state index is 10.8. The van der Waals surface area contributed by atoms with Crippen molar-refractivity contribution in [1.82, 2.24) is 0 Å². The largest absolute Gasteiger partial charge is 0.398 e. The first kappa shape index (κ1) is 8.26. The van der Waals surface area contributed by atoms with E-state index in [4.69, 9.17) is 5.73 Å². The number of aldehydes is 1. The third kappa shape index (κ3) is 1.12. The van der Waals surface area contributed by atoms with Crippen LogP contribution in [0.25, 0.3) is 10.1 Å². The molecule has 2 N–H and O–H groups in total. The van der Waals surface area contributed by atoms with Gasteiger partial charge in [0.05, 0.1) is 5.69 Å². The Labute approximate surface area is 80.0 Å². The van der Waals surface area contributed by atoms with Gasteiger partial charge in [0.15, 0.2) is 6.29 Å². The van der Waals surface area contributed by atoms with Crippen LogP contribution < -0.4 is 5.73 Å². The summed E-state index contributed by atoms with van der Waals surface area (Å²) in [7, 11) is 0. The number of thiophene rings is 1. The van der Waals surface area contributed by atoms with Gasteiger partial charge in [-0.15, -0.1) is 11.3 Å². The van der Waals surface area contributed by atoms with Crippen molar-refractivity contribution in [3.8, 4) is 0 Å². The molecule has 2 aromatic rings. The van der Waals surface area contributed by atoms with E-state index in [-0.39, 0.29) is 0 Å². The molecule has 0 bridgehead atoms. The van der Waals surface area contributed by atoms with Gasteiger partial charge in [-0.2, -0.15) is 0 Å². The van der Waals surface area contributed by atoms with E-state index >= 15 is 0 Å². The van der Waals surface area contributed by atoms with Crippen molar-refractivity contribution in [2.24, 2.45) is 0 Å². The van der Waals surface area contributed by atoms with Gasteiger partial charge in [0.25, 0.3) is 0 Å². The van der Waals surface area contributed by atoms with Gasteiger partial charge < -0.3 is 5.73 Å². The zero-order valence-corrected chi connectivity index (χ0v) is 8.02. The second-order valence-corrected chi connectivity index (χ2v) is 3.89. The first-order chi connectivity index (χ1) is 6.24. The molecule has 0 saturated heterocycles. The smallest absolute Gasteiger partial charge is 0.151 e. The van der Waals surface area contributed by atoms with Gasteiger partial charge >= 0.3 is 0 Å². The number of carbonyl (C=O) groups excluding carboxylic acids is 1. The summed E-state index contributed by atoms with van der Waals surface area (Å²) in [4.78, 5) is 10.8. The van der Waals surface area contributed by atoms with Gasteiger partial charge in [0.1, 0.15) is 0 Å². The molecule has 0 aliphatic rings. The van der Waals surface area contributed by atoms with Gasteiger partial charge in [0, 0.05) is 21.0 Å². The summed E-state index contributed by atoms with van der Waals surface area (Å²) in [6.45, 7) is 1.92. The van der Waals surface area contributed by atoms with E-state index < -0.39 is 0 Å². The van der Waals surface area contributed by atoms with Crippen LogP contribution in [-0.2, 0) is 0 Å². The Bertz CT molecular complexity index is 473. The molecular weight excluding hydrogens is 182 g/mol. The fraction of sp³-hybridized carbons (Fsp3) is 0.100. The highest BCUT2D eigenvalue weighted by Crippen LogP contribution is 2.31. The normalized spacial score (nSPS) is 10.5. The van der Waals surface area contributed by atoms with E-state index in [0.717, 1.165) is 27.5 Å². The maximum atomic E-state index is 10.8. The van der Waals surface area contributed by atoms with E-state index in [9.17, 15) is 4.79 Å². The van der Waals surface area contributed by atoms with Crippen molar-refractivity contribution in [2.45, 2.75) is 6.92 Å². The van der Waals surface area contributed by atoms with Crippen LogP contribution >= 0.6 is 11.3 Å². The Kier molecular flexibility index (Phi) is 1.81. The molecule has 0 fully saturated rings. The van der Waals surface area contributed by atoms with E-state index in [1.54, 1.807) is 11.3 Å². The van der Waals surface area contributed by atoms with Crippen molar-refractivity contribution in [1.29, 1.82) is 0 Å². The molecule has 1 heterocycles. The highest BCUT2D eigenvalue weighted by atomic mass is 32.1. The van der Waals surface area contributed by atoms with Gasteiger partial charge in [-0.25, -0.2) is 0 Å². The molecule has 13 heavy (non-hydrogen) atoms. The number of hydrogen-bond acceptors (Lipinski definition) is 3. The minimum Gasteiger partial charge on any atom is -0.398 e. The number of nitrogen functional groups attached to an aromatic ring is 1. The third-order valence-electron chi connectivity index (χ3n) is 2.14. The van der Waals surface area contributed by atoms with Gasteiger partial charge in [-0.05, 0) is 18.6 Å². The highest BCUT2D eigenvalue weighted by Gasteiger charge is 2.07. The molecule has 0 unspecified atom stereocenters. The van der Waals surface area contributed by atoms with Crippen LogP contribution in [0.2, 0.25) is 0 Å². The minimum absolute atomic E-state index is 0.700. The molecule has 2 rings (SSSR count). The average molecular weight is 191 g/mol. The number of fused-ring (bicyclic) bond motifs is 1. The summed E-state index contributed by atoms with van der Waals surface area (Å²) >= 11 is 1.57. The number of benzene rings is 1. The molecule has 0 amide bonds. The Morgan fingerprint density at radius 3 is 2.92 bits per heavy atom. The van der Waals surface area contributed by atoms with Crippen LogP contribution in [-0.4, -0.2) is 6.29 Å². The van der Waals surface area contributed by atoms with Crippen molar-refractivity contribution in [3.05, 3.63) is 28.6 Å². The van der Waals surface area contributed by atoms with Gasteiger partial charge in [-0.3, -0.25) is 4.79 Å². The van der Waals surface area contributed by atoms with Gasteiger partial charge in [0.2, 0.25) is 0 Å². The molecule has 0 radical (unpaired) electrons. The van der Waals surface area contributed by atoms with Gasteiger partial charge in [-0.1, -0.05) is 6.07 Å². The monoisotopic (exact) mass is 191 g/mol. The summed E-state index contributed by atoms with van der Waals surface area (Å²) < 4.78 is 1.07. The number of anilines is 1. The standard InChI is InChI=1S/C10H9NOS/c1-6-2-3-9-10(7(6)4-12)8(11)5-13-9/h2-5H,11H2,1H3. The molecule has 0 atom stereocenters. The number of rotatable bonds is 1. The SMILES string of the molecule is Cc1ccc2scc(N)c2c1C=O. The molecule has 3 heteroatoms. The van der Waals surface area contributed by atoms with Crippen LogP contribution in [0.15, 0.2) is 17.5 Å². The van der Waals surface area contributed by atoms with E-state index in [2.05, 4.69) is 0 Å². The van der Waals surface area contributed by atoms with E-state index in [1.165, 1.54) is 0 Å². The zero-order chi connectivity index (χ0) is 9.42. The molecule has 0 saturated carbocycles. The summed E-state index contributed by atoms with van der Waals surface area (Å²) in [6, 6.07) is 3.95. The summed E-state index contributed by atoms with van der Waals surface area (Å²) in [6.07, 6.45) is 0.876. The minimum atomic E-state index is 0.700. The molecule has 0 aliphatic heterocycles. The summed E-state index contributed by atoms with van der Waals surface area (Å²) in [5, 5.41) is 2.77. The lowest BCUT2D eigenvalue weighted by Crippen LogP contribution is -1.90. The van der Waals surface area contributed by atoms with Crippen molar-refractivity contribution in [2.75, 3.05) is 5.73 Å². The zero-order valence-electron chi connectivity index (χ0n) is 7.20. The quantitative estimate of drug-likeness (QED) is 0.704. The molecule has 1 aromatic heterocycles. The van der Waals surface area contributed by atoms with Crippen LogP contribution in [0.1, 0.15) is 15.9 Å². The Morgan fingerprint density at radius 2 is 2.23 bits per heavy atom. The Morgan fingerprint density at radius 1 is 1.46 bits per heavy atom. The fourth-order valence-electron chi connectivity index (χ4n) is 1.44. The van der Waals surface area contributed by atoms with Crippen LogP contribution in [0.4, 0.5) is 5.69 Å². The highest BCUT2D eigenvalue weighted by molar-refractivity contribution is 7.17. The van der Waals surface area contributed by atoms with Crippen molar-refractivity contribution >= 4 is 33.4 Å². The summed E-state index contributed by atoms with van der Waals surface area (Å²) in [5.41, 5.74) is 8.17. The van der Waals surface area contributed by atoms with Crippen molar-refractivity contribution in [3.63, 3.8) is 0 Å². The van der Waals surface area contributed by atoms with Crippen LogP contribution in [0.3, 0.4) is 0 Å². The van der Waals surface area contributed by atoms with Crippen LogP contribution in [0.5, 0.6) is 0 Å². The maximum Gasteiger partial charge on any atom is 0.151 e. The predicted molar refractivity (Wildman–Crippen MR) is 56.4 cm³/mol. The fourth-order valence-corrected chi connectivity index (χ4v) is 2.30. The lowest BCUT2D eigenvalue weighted by molar-refractivity contribution is 0.112. The number of aryl methyl sites for hydroxylation is 1. The van der Waals surface area contributed by atoms with E-state index in [1.807, 2.05) is 24.4 Å². The molecule has 1 aromatic carbocycles. The second kappa shape index (κ2) is 2.85. The lowest BCUT2D eigenvalue weighted by atomic mass is 10.1. The Balaban J connectivity index is 2.96.